The Bertz CT molecular complexity index is 339. The van der Waals surface area contributed by atoms with Gasteiger partial charge >= 0.3 is 0 Å². The second-order valence-electron chi connectivity index (χ2n) is 4.79. The van der Waals surface area contributed by atoms with Gasteiger partial charge in [0.2, 0.25) is 0 Å². The number of likely N-dealkylation sites (tertiary alicyclic amines) is 1. The topological polar surface area (TPSA) is 49.2 Å². The minimum Gasteiger partial charge on any atom is -0.396 e. The van der Waals surface area contributed by atoms with Crippen molar-refractivity contribution in [1.29, 1.82) is 0 Å². The van der Waals surface area contributed by atoms with Crippen LogP contribution in [0.2, 0.25) is 0 Å². The van der Waals surface area contributed by atoms with Gasteiger partial charge in [-0.15, -0.1) is 0 Å². The van der Waals surface area contributed by atoms with E-state index in [2.05, 4.69) is 21.8 Å². The first-order valence-electron chi connectivity index (χ1n) is 6.44. The van der Waals surface area contributed by atoms with Crippen LogP contribution in [0.25, 0.3) is 0 Å². The van der Waals surface area contributed by atoms with Crippen molar-refractivity contribution in [2.45, 2.75) is 32.7 Å². The van der Waals surface area contributed by atoms with Crippen LogP contribution in [-0.2, 0) is 13.0 Å². The quantitative estimate of drug-likeness (QED) is 0.853. The van der Waals surface area contributed by atoms with E-state index in [1.807, 2.05) is 12.4 Å². The third-order valence-electron chi connectivity index (χ3n) is 3.34. The summed E-state index contributed by atoms with van der Waals surface area (Å²) in [6.45, 7) is 5.38. The maximum atomic E-state index is 9.19. The molecule has 4 nitrogen and oxygen atoms in total. The summed E-state index contributed by atoms with van der Waals surface area (Å²) in [5.74, 6) is 1.35. The summed E-state index contributed by atoms with van der Waals surface area (Å²) in [6.07, 6.45) is 7.07. The summed E-state index contributed by atoms with van der Waals surface area (Å²) in [5, 5.41) is 9.19. The number of aromatic nitrogens is 2. The molecule has 1 aromatic rings. The molecule has 0 radical (unpaired) electrons. The number of rotatable bonds is 4. The van der Waals surface area contributed by atoms with E-state index in [0.29, 0.717) is 12.5 Å². The van der Waals surface area contributed by atoms with E-state index < -0.39 is 0 Å². The Morgan fingerprint density at radius 2 is 2.18 bits per heavy atom. The maximum Gasteiger partial charge on any atom is 0.127 e. The van der Waals surface area contributed by atoms with E-state index in [9.17, 15) is 5.11 Å². The average Bonchev–Trinajstić information content (AvgIpc) is 2.40. The molecule has 17 heavy (non-hydrogen) atoms. The third-order valence-corrected chi connectivity index (χ3v) is 3.34. The van der Waals surface area contributed by atoms with Gasteiger partial charge in [0.25, 0.3) is 0 Å². The number of aliphatic hydroxyl groups is 1. The molecule has 0 spiro atoms. The van der Waals surface area contributed by atoms with Crippen molar-refractivity contribution in [1.82, 2.24) is 14.9 Å². The number of hydrogen-bond acceptors (Lipinski definition) is 4. The molecule has 1 N–H and O–H groups in total. The second-order valence-corrected chi connectivity index (χ2v) is 4.79. The van der Waals surface area contributed by atoms with Gasteiger partial charge in [0, 0.05) is 44.1 Å². The fourth-order valence-electron chi connectivity index (χ4n) is 2.35. The molecular formula is C13H21N3O. The van der Waals surface area contributed by atoms with Crippen LogP contribution < -0.4 is 0 Å². The molecule has 2 heterocycles. The van der Waals surface area contributed by atoms with E-state index in [0.717, 1.165) is 38.3 Å². The van der Waals surface area contributed by atoms with Gasteiger partial charge in [-0.25, -0.2) is 9.97 Å². The van der Waals surface area contributed by atoms with E-state index >= 15 is 0 Å². The van der Waals surface area contributed by atoms with Gasteiger partial charge in [0.15, 0.2) is 0 Å². The van der Waals surface area contributed by atoms with E-state index in [1.54, 1.807) is 0 Å². The fraction of sp³-hybridized carbons (Fsp3) is 0.692. The van der Waals surface area contributed by atoms with Crippen LogP contribution in [0.4, 0.5) is 0 Å². The summed E-state index contributed by atoms with van der Waals surface area (Å²) in [7, 11) is 0. The molecule has 1 atom stereocenters. The van der Waals surface area contributed by atoms with Gasteiger partial charge in [-0.2, -0.15) is 0 Å². The maximum absolute atomic E-state index is 9.19. The molecule has 94 valence electrons. The first-order valence-corrected chi connectivity index (χ1v) is 6.44. The Balaban J connectivity index is 1.90. The molecule has 2 rings (SSSR count). The Morgan fingerprint density at radius 3 is 2.82 bits per heavy atom. The van der Waals surface area contributed by atoms with E-state index in [4.69, 9.17) is 0 Å². The van der Waals surface area contributed by atoms with Crippen molar-refractivity contribution in [2.24, 2.45) is 5.92 Å². The molecule has 1 aliphatic rings. The number of aliphatic hydroxyl groups excluding tert-OH is 1. The van der Waals surface area contributed by atoms with Gasteiger partial charge < -0.3 is 5.11 Å². The molecule has 1 saturated heterocycles. The molecule has 0 bridgehead atoms. The Hall–Kier alpha value is -1.00. The number of hydrogen-bond donors (Lipinski definition) is 1. The highest BCUT2D eigenvalue weighted by molar-refractivity contribution is 5.05. The first kappa shape index (κ1) is 12.5. The van der Waals surface area contributed by atoms with Gasteiger partial charge in [0.05, 0.1) is 0 Å². The molecule has 1 fully saturated rings. The minimum atomic E-state index is 0.307. The highest BCUT2D eigenvalue weighted by atomic mass is 16.3. The molecule has 4 heteroatoms. The van der Waals surface area contributed by atoms with Crippen LogP contribution in [0.15, 0.2) is 12.4 Å². The van der Waals surface area contributed by atoms with Gasteiger partial charge in [-0.1, -0.05) is 6.92 Å². The lowest BCUT2D eigenvalue weighted by atomic mass is 9.99. The Kier molecular flexibility index (Phi) is 4.45. The van der Waals surface area contributed by atoms with Crippen molar-refractivity contribution in [2.75, 3.05) is 19.7 Å². The fourth-order valence-corrected chi connectivity index (χ4v) is 2.35. The molecule has 0 aromatic carbocycles. The van der Waals surface area contributed by atoms with Crippen molar-refractivity contribution >= 4 is 0 Å². The van der Waals surface area contributed by atoms with Crippen molar-refractivity contribution in [3.05, 3.63) is 23.8 Å². The summed E-state index contributed by atoms with van der Waals surface area (Å²) in [6, 6.07) is 0. The van der Waals surface area contributed by atoms with Gasteiger partial charge in [-0.05, 0) is 25.3 Å². The molecule has 0 aliphatic carbocycles. The summed E-state index contributed by atoms with van der Waals surface area (Å²) in [5.41, 5.74) is 1.17. The Labute approximate surface area is 103 Å². The molecule has 0 amide bonds. The van der Waals surface area contributed by atoms with Gasteiger partial charge in [0.1, 0.15) is 5.82 Å². The molecule has 1 aromatic heterocycles. The zero-order valence-corrected chi connectivity index (χ0v) is 10.5. The minimum absolute atomic E-state index is 0.307. The van der Waals surface area contributed by atoms with Gasteiger partial charge in [-0.3, -0.25) is 4.90 Å². The molecule has 1 aliphatic heterocycles. The van der Waals surface area contributed by atoms with Crippen molar-refractivity contribution in [3.63, 3.8) is 0 Å². The van der Waals surface area contributed by atoms with E-state index in [1.165, 1.54) is 12.0 Å². The van der Waals surface area contributed by atoms with Crippen molar-refractivity contribution < 1.29 is 5.11 Å². The monoisotopic (exact) mass is 235 g/mol. The number of nitrogens with zero attached hydrogens (tertiary/aromatic N) is 3. The van der Waals surface area contributed by atoms with Crippen LogP contribution in [0, 0.1) is 5.92 Å². The lowest BCUT2D eigenvalue weighted by Crippen LogP contribution is -2.36. The SMILES string of the molecule is CCc1ncc(CN2CCCC(CO)C2)cn1. The third kappa shape index (κ3) is 3.48. The zero-order valence-electron chi connectivity index (χ0n) is 10.5. The Morgan fingerprint density at radius 1 is 1.41 bits per heavy atom. The van der Waals surface area contributed by atoms with Crippen LogP contribution in [0.5, 0.6) is 0 Å². The lowest BCUT2D eigenvalue weighted by Gasteiger charge is -2.31. The summed E-state index contributed by atoms with van der Waals surface area (Å²) in [4.78, 5) is 11.0. The van der Waals surface area contributed by atoms with Crippen LogP contribution in [0.3, 0.4) is 0 Å². The molecular weight excluding hydrogens is 214 g/mol. The van der Waals surface area contributed by atoms with Crippen LogP contribution >= 0.6 is 0 Å². The standard InChI is InChI=1S/C13H21N3O/c1-2-13-14-6-12(7-15-13)9-16-5-3-4-11(8-16)10-17/h6-7,11,17H,2-5,8-10H2,1H3. The summed E-state index contributed by atoms with van der Waals surface area (Å²) >= 11 is 0. The van der Waals surface area contributed by atoms with Crippen molar-refractivity contribution in [3.8, 4) is 0 Å². The van der Waals surface area contributed by atoms with Crippen LogP contribution in [-0.4, -0.2) is 39.7 Å². The highest BCUT2D eigenvalue weighted by Gasteiger charge is 2.19. The normalized spacial score (nSPS) is 21.6. The number of aryl methyl sites for hydroxylation is 1. The number of piperidine rings is 1. The summed E-state index contributed by atoms with van der Waals surface area (Å²) < 4.78 is 0. The smallest absolute Gasteiger partial charge is 0.127 e. The molecule has 0 saturated carbocycles. The lowest BCUT2D eigenvalue weighted by molar-refractivity contribution is 0.115. The first-order chi connectivity index (χ1) is 8.31. The highest BCUT2D eigenvalue weighted by Crippen LogP contribution is 2.17. The zero-order chi connectivity index (χ0) is 12.1. The van der Waals surface area contributed by atoms with Crippen LogP contribution in [0.1, 0.15) is 31.2 Å². The van der Waals surface area contributed by atoms with E-state index in [-0.39, 0.29) is 0 Å². The second kappa shape index (κ2) is 6.07. The molecule has 1 unspecified atom stereocenters. The predicted octanol–water partition coefficient (Wildman–Crippen LogP) is 1.24. The predicted molar refractivity (Wildman–Crippen MR) is 66.5 cm³/mol. The largest absolute Gasteiger partial charge is 0.396 e. The average molecular weight is 235 g/mol.